The lowest BCUT2D eigenvalue weighted by atomic mass is 10.0. The zero-order chi connectivity index (χ0) is 13.0. The lowest BCUT2D eigenvalue weighted by Gasteiger charge is -2.18. The summed E-state index contributed by atoms with van der Waals surface area (Å²) in [5.74, 6) is -0.881. The molecule has 0 aromatic heterocycles. The van der Waals surface area contributed by atoms with Crippen LogP contribution in [0.3, 0.4) is 0 Å². The van der Waals surface area contributed by atoms with Crippen molar-refractivity contribution in [3.05, 3.63) is 35.9 Å². The van der Waals surface area contributed by atoms with Crippen molar-refractivity contribution < 1.29 is 9.90 Å². The highest BCUT2D eigenvalue weighted by Gasteiger charge is 2.42. The first kappa shape index (κ1) is 12.6. The molecule has 2 N–H and O–H groups in total. The van der Waals surface area contributed by atoms with Gasteiger partial charge < -0.3 is 10.4 Å². The van der Waals surface area contributed by atoms with Gasteiger partial charge >= 0.3 is 5.97 Å². The van der Waals surface area contributed by atoms with Crippen molar-refractivity contribution >= 4 is 5.97 Å². The molecule has 1 saturated carbocycles. The monoisotopic (exact) mass is 244 g/mol. The molecule has 1 aromatic rings. The average molecular weight is 244 g/mol. The molecule has 0 saturated heterocycles. The number of nitrogens with zero attached hydrogens (tertiary/aromatic N) is 1. The molecule has 1 aliphatic carbocycles. The molecule has 1 aromatic carbocycles. The lowest BCUT2D eigenvalue weighted by molar-refractivity contribution is -0.139. The molecule has 0 spiro atoms. The maximum Gasteiger partial charge on any atom is 0.325 e. The van der Waals surface area contributed by atoms with Crippen LogP contribution in [-0.4, -0.2) is 17.6 Å². The highest BCUT2D eigenvalue weighted by Crippen LogP contribution is 2.48. The summed E-state index contributed by atoms with van der Waals surface area (Å²) < 4.78 is 0. The van der Waals surface area contributed by atoms with E-state index in [1.807, 2.05) is 18.2 Å². The number of nitriles is 1. The van der Waals surface area contributed by atoms with Crippen LogP contribution in [0.5, 0.6) is 0 Å². The summed E-state index contributed by atoms with van der Waals surface area (Å²) in [4.78, 5) is 11.3. The van der Waals surface area contributed by atoms with Crippen molar-refractivity contribution in [2.24, 2.45) is 5.41 Å². The van der Waals surface area contributed by atoms with E-state index in [0.29, 0.717) is 13.0 Å². The first-order valence-electron chi connectivity index (χ1n) is 6.05. The minimum absolute atomic E-state index is 0.0111. The molecular weight excluding hydrogens is 228 g/mol. The molecule has 1 aliphatic rings. The second-order valence-electron chi connectivity index (χ2n) is 4.90. The van der Waals surface area contributed by atoms with Crippen LogP contribution in [0.2, 0.25) is 0 Å². The molecule has 2 rings (SSSR count). The fourth-order valence-electron chi connectivity index (χ4n) is 2.07. The van der Waals surface area contributed by atoms with Crippen LogP contribution < -0.4 is 5.32 Å². The second kappa shape index (κ2) is 5.19. The first-order valence-corrected chi connectivity index (χ1v) is 6.05. The van der Waals surface area contributed by atoms with E-state index in [2.05, 4.69) is 11.4 Å². The third kappa shape index (κ3) is 2.88. The zero-order valence-electron chi connectivity index (χ0n) is 10.1. The van der Waals surface area contributed by atoms with E-state index >= 15 is 0 Å². The van der Waals surface area contributed by atoms with Crippen LogP contribution in [0.4, 0.5) is 0 Å². The Kier molecular flexibility index (Phi) is 3.63. The number of carboxylic acid groups (broad SMARTS) is 1. The van der Waals surface area contributed by atoms with Crippen LogP contribution in [-0.2, 0) is 4.79 Å². The molecule has 94 valence electrons. The molecule has 1 atom stereocenters. The maximum atomic E-state index is 11.3. The molecule has 0 radical (unpaired) electrons. The zero-order valence-corrected chi connectivity index (χ0v) is 10.1. The highest BCUT2D eigenvalue weighted by atomic mass is 16.4. The summed E-state index contributed by atoms with van der Waals surface area (Å²) in [5.41, 5.74) is 0.759. The van der Waals surface area contributed by atoms with Gasteiger partial charge in [-0.2, -0.15) is 5.26 Å². The maximum absolute atomic E-state index is 11.3. The van der Waals surface area contributed by atoms with Crippen molar-refractivity contribution in [2.75, 3.05) is 6.54 Å². The second-order valence-corrected chi connectivity index (χ2v) is 4.90. The van der Waals surface area contributed by atoms with Crippen molar-refractivity contribution in [3.8, 4) is 6.07 Å². The molecule has 0 amide bonds. The van der Waals surface area contributed by atoms with Gasteiger partial charge in [0.1, 0.15) is 6.04 Å². The molecule has 4 heteroatoms. The fraction of sp³-hybridized carbons (Fsp3) is 0.429. The summed E-state index contributed by atoms with van der Waals surface area (Å²) in [7, 11) is 0. The Morgan fingerprint density at radius 3 is 2.61 bits per heavy atom. The van der Waals surface area contributed by atoms with Crippen molar-refractivity contribution in [2.45, 2.75) is 25.3 Å². The third-order valence-corrected chi connectivity index (χ3v) is 3.47. The number of hydrogen-bond acceptors (Lipinski definition) is 3. The number of carboxylic acids is 1. The Bertz CT molecular complexity index is 460. The minimum atomic E-state index is -0.881. The third-order valence-electron chi connectivity index (χ3n) is 3.47. The molecule has 0 bridgehead atoms. The van der Waals surface area contributed by atoms with Crippen LogP contribution in [0.1, 0.15) is 30.9 Å². The molecule has 1 fully saturated rings. The van der Waals surface area contributed by atoms with E-state index in [9.17, 15) is 9.90 Å². The van der Waals surface area contributed by atoms with E-state index < -0.39 is 12.0 Å². The van der Waals surface area contributed by atoms with E-state index in [-0.39, 0.29) is 5.41 Å². The Labute approximate surface area is 106 Å². The minimum Gasteiger partial charge on any atom is -0.480 e. The van der Waals surface area contributed by atoms with Crippen molar-refractivity contribution in [1.82, 2.24) is 5.32 Å². The summed E-state index contributed by atoms with van der Waals surface area (Å²) in [6.45, 7) is 0.590. The molecule has 0 heterocycles. The van der Waals surface area contributed by atoms with Gasteiger partial charge in [0.25, 0.3) is 0 Å². The van der Waals surface area contributed by atoms with Crippen LogP contribution in [0.15, 0.2) is 30.3 Å². The number of rotatable bonds is 6. The molecule has 1 unspecified atom stereocenters. The predicted octanol–water partition coefficient (Wildman–Crippen LogP) is 2.10. The van der Waals surface area contributed by atoms with Gasteiger partial charge in [-0.15, -0.1) is 0 Å². The number of nitrogens with one attached hydrogen (secondary N) is 1. The SMILES string of the molecule is N#CCC1(CNC(C(=O)O)c2ccccc2)CC1. The Balaban J connectivity index is 2.01. The van der Waals surface area contributed by atoms with Gasteiger partial charge in [-0.3, -0.25) is 4.79 Å². The Morgan fingerprint density at radius 1 is 1.44 bits per heavy atom. The van der Waals surface area contributed by atoms with Gasteiger partial charge in [0.2, 0.25) is 0 Å². The normalized spacial score (nSPS) is 17.7. The molecule has 4 nitrogen and oxygen atoms in total. The molecule has 0 aliphatic heterocycles. The van der Waals surface area contributed by atoms with Gasteiger partial charge in [-0.05, 0) is 23.8 Å². The summed E-state index contributed by atoms with van der Waals surface area (Å²) in [6.07, 6.45) is 2.52. The van der Waals surface area contributed by atoms with Crippen molar-refractivity contribution in [3.63, 3.8) is 0 Å². The highest BCUT2D eigenvalue weighted by molar-refractivity contribution is 5.75. The van der Waals surface area contributed by atoms with Crippen molar-refractivity contribution in [1.29, 1.82) is 5.26 Å². The number of hydrogen-bond donors (Lipinski definition) is 2. The van der Waals surface area contributed by atoms with Gasteiger partial charge in [-0.1, -0.05) is 30.3 Å². The molecular formula is C14H16N2O2. The van der Waals surface area contributed by atoms with Crippen LogP contribution in [0.25, 0.3) is 0 Å². The lowest BCUT2D eigenvalue weighted by Crippen LogP contribution is -2.33. The standard InChI is InChI=1S/C14H16N2O2/c15-9-8-14(6-7-14)10-16-12(13(17)18)11-4-2-1-3-5-11/h1-5,12,16H,6-8,10H2,(H,17,18). The predicted molar refractivity (Wildman–Crippen MR) is 66.7 cm³/mol. The van der Waals surface area contributed by atoms with E-state index in [1.54, 1.807) is 12.1 Å². The quantitative estimate of drug-likeness (QED) is 0.803. The largest absolute Gasteiger partial charge is 0.480 e. The summed E-state index contributed by atoms with van der Waals surface area (Å²) >= 11 is 0. The topological polar surface area (TPSA) is 73.1 Å². The number of aliphatic carboxylic acids is 1. The fourth-order valence-corrected chi connectivity index (χ4v) is 2.07. The van der Waals surface area contributed by atoms with E-state index in [0.717, 1.165) is 18.4 Å². The van der Waals surface area contributed by atoms with E-state index in [1.165, 1.54) is 0 Å². The Hall–Kier alpha value is -1.86. The average Bonchev–Trinajstić information content (AvgIpc) is 3.11. The van der Waals surface area contributed by atoms with Crippen LogP contribution >= 0.6 is 0 Å². The molecule has 18 heavy (non-hydrogen) atoms. The first-order chi connectivity index (χ1) is 8.67. The Morgan fingerprint density at radius 2 is 2.11 bits per heavy atom. The van der Waals surface area contributed by atoms with Gasteiger partial charge in [0, 0.05) is 13.0 Å². The van der Waals surface area contributed by atoms with Gasteiger partial charge in [0.15, 0.2) is 0 Å². The smallest absolute Gasteiger partial charge is 0.325 e. The van der Waals surface area contributed by atoms with Gasteiger partial charge in [0.05, 0.1) is 6.07 Å². The summed E-state index contributed by atoms with van der Waals surface area (Å²) in [6, 6.07) is 10.6. The summed E-state index contributed by atoms with van der Waals surface area (Å²) in [5, 5.41) is 21.1. The number of carbonyl (C=O) groups is 1. The van der Waals surface area contributed by atoms with Crippen LogP contribution in [0, 0.1) is 16.7 Å². The van der Waals surface area contributed by atoms with E-state index in [4.69, 9.17) is 5.26 Å². The number of benzene rings is 1. The van der Waals surface area contributed by atoms with Gasteiger partial charge in [-0.25, -0.2) is 0 Å².